The zero-order valence-electron chi connectivity index (χ0n) is 11.6. The van der Waals surface area contributed by atoms with Crippen molar-refractivity contribution in [2.24, 2.45) is 0 Å². The van der Waals surface area contributed by atoms with Crippen molar-refractivity contribution in [1.82, 2.24) is 5.32 Å². The van der Waals surface area contributed by atoms with E-state index in [0.29, 0.717) is 24.3 Å². The van der Waals surface area contributed by atoms with Crippen LogP contribution in [0, 0.1) is 11.3 Å². The molecule has 108 valence electrons. The number of carbonyl (C=O) groups is 1. The standard InChI is InChI=1S/C14H18N2O3S/c1-11(20(2)18)7-8-16-14(17)10-19-13-5-3-12(9-15)4-6-13/h3-6,11H,7-8,10H2,1-2H3,(H,16,17). The summed E-state index contributed by atoms with van der Waals surface area (Å²) >= 11 is 0. The molecule has 0 aromatic heterocycles. The van der Waals surface area contributed by atoms with E-state index < -0.39 is 10.8 Å². The lowest BCUT2D eigenvalue weighted by Gasteiger charge is -2.10. The Morgan fingerprint density at radius 2 is 2.10 bits per heavy atom. The Kier molecular flexibility index (Phi) is 6.74. The fourth-order valence-electron chi connectivity index (χ4n) is 1.41. The first-order valence-electron chi connectivity index (χ1n) is 6.25. The van der Waals surface area contributed by atoms with Gasteiger partial charge >= 0.3 is 0 Å². The predicted octanol–water partition coefficient (Wildman–Crippen LogP) is 1.21. The second-order valence-electron chi connectivity index (χ2n) is 4.37. The van der Waals surface area contributed by atoms with Gasteiger partial charge in [-0.3, -0.25) is 9.00 Å². The van der Waals surface area contributed by atoms with Crippen LogP contribution < -0.4 is 10.1 Å². The summed E-state index contributed by atoms with van der Waals surface area (Å²) < 4.78 is 16.4. The third-order valence-electron chi connectivity index (χ3n) is 2.79. The lowest BCUT2D eigenvalue weighted by Crippen LogP contribution is -2.31. The van der Waals surface area contributed by atoms with E-state index in [9.17, 15) is 9.00 Å². The molecule has 0 bridgehead atoms. The molecule has 0 radical (unpaired) electrons. The average molecular weight is 294 g/mol. The second-order valence-corrected chi connectivity index (χ2v) is 6.17. The van der Waals surface area contributed by atoms with Crippen molar-refractivity contribution in [3.8, 4) is 11.8 Å². The third kappa shape index (κ3) is 5.85. The van der Waals surface area contributed by atoms with Crippen molar-refractivity contribution in [1.29, 1.82) is 5.26 Å². The molecule has 0 fully saturated rings. The largest absolute Gasteiger partial charge is 0.484 e. The minimum absolute atomic E-state index is 0.0646. The van der Waals surface area contributed by atoms with Gasteiger partial charge in [0.05, 0.1) is 11.6 Å². The number of ether oxygens (including phenoxy) is 1. The molecule has 0 spiro atoms. The molecule has 2 atom stereocenters. The Bertz CT molecular complexity index is 508. The number of rotatable bonds is 7. The van der Waals surface area contributed by atoms with E-state index in [1.165, 1.54) is 0 Å². The summed E-state index contributed by atoms with van der Waals surface area (Å²) in [5.74, 6) is 0.325. The van der Waals surface area contributed by atoms with Gasteiger partial charge in [0.25, 0.3) is 5.91 Å². The molecule has 1 aromatic carbocycles. The second kappa shape index (κ2) is 8.33. The van der Waals surface area contributed by atoms with E-state index in [1.54, 1.807) is 30.5 Å². The Labute approximate surface area is 121 Å². The number of nitriles is 1. The molecular weight excluding hydrogens is 276 g/mol. The third-order valence-corrected chi connectivity index (χ3v) is 4.16. The quantitative estimate of drug-likeness (QED) is 0.820. The van der Waals surface area contributed by atoms with Gasteiger partial charge in [-0.1, -0.05) is 6.92 Å². The molecule has 0 saturated heterocycles. The minimum Gasteiger partial charge on any atom is -0.484 e. The number of hydrogen-bond donors (Lipinski definition) is 1. The molecule has 1 amide bonds. The van der Waals surface area contributed by atoms with Crippen LogP contribution in [0.1, 0.15) is 18.9 Å². The molecule has 0 aliphatic rings. The Balaban J connectivity index is 2.26. The highest BCUT2D eigenvalue weighted by atomic mass is 32.2. The van der Waals surface area contributed by atoms with Crippen LogP contribution in [0.4, 0.5) is 0 Å². The van der Waals surface area contributed by atoms with Crippen LogP contribution in [0.3, 0.4) is 0 Å². The predicted molar refractivity (Wildman–Crippen MR) is 77.8 cm³/mol. The molecule has 20 heavy (non-hydrogen) atoms. The molecule has 2 unspecified atom stereocenters. The maximum Gasteiger partial charge on any atom is 0.257 e. The van der Waals surface area contributed by atoms with Gasteiger partial charge < -0.3 is 10.1 Å². The Hall–Kier alpha value is -1.87. The maximum atomic E-state index is 11.5. The van der Waals surface area contributed by atoms with Crippen molar-refractivity contribution in [3.63, 3.8) is 0 Å². The normalized spacial score (nSPS) is 13.1. The van der Waals surface area contributed by atoms with Crippen molar-refractivity contribution >= 4 is 16.7 Å². The Morgan fingerprint density at radius 1 is 1.45 bits per heavy atom. The van der Waals surface area contributed by atoms with Gasteiger partial charge in [-0.05, 0) is 30.7 Å². The van der Waals surface area contributed by atoms with E-state index in [4.69, 9.17) is 10.00 Å². The van der Waals surface area contributed by atoms with Crippen LogP contribution in [-0.2, 0) is 15.6 Å². The van der Waals surface area contributed by atoms with Gasteiger partial charge in [0.2, 0.25) is 0 Å². The van der Waals surface area contributed by atoms with Crippen molar-refractivity contribution < 1.29 is 13.7 Å². The van der Waals surface area contributed by atoms with Crippen molar-refractivity contribution in [2.45, 2.75) is 18.6 Å². The molecule has 5 nitrogen and oxygen atoms in total. The molecule has 6 heteroatoms. The first-order chi connectivity index (χ1) is 9.52. The summed E-state index contributed by atoms with van der Waals surface area (Å²) in [4.78, 5) is 11.5. The zero-order chi connectivity index (χ0) is 15.0. The van der Waals surface area contributed by atoms with Crippen LogP contribution in [0.25, 0.3) is 0 Å². The Morgan fingerprint density at radius 3 is 2.65 bits per heavy atom. The fraction of sp³-hybridized carbons (Fsp3) is 0.429. The van der Waals surface area contributed by atoms with E-state index in [-0.39, 0.29) is 17.8 Å². The van der Waals surface area contributed by atoms with E-state index in [0.717, 1.165) is 0 Å². The van der Waals surface area contributed by atoms with Crippen LogP contribution in [0.5, 0.6) is 5.75 Å². The highest BCUT2D eigenvalue weighted by Crippen LogP contribution is 2.11. The molecular formula is C14H18N2O3S. The van der Waals surface area contributed by atoms with E-state index in [2.05, 4.69) is 5.32 Å². The van der Waals surface area contributed by atoms with Gasteiger partial charge in [-0.25, -0.2) is 0 Å². The monoisotopic (exact) mass is 294 g/mol. The van der Waals surface area contributed by atoms with Gasteiger partial charge in [-0.2, -0.15) is 5.26 Å². The SMILES string of the molecule is CC(CCNC(=O)COc1ccc(C#N)cc1)S(C)=O. The first-order valence-corrected chi connectivity index (χ1v) is 7.87. The maximum absolute atomic E-state index is 11.5. The van der Waals surface area contributed by atoms with E-state index >= 15 is 0 Å². The van der Waals surface area contributed by atoms with Crippen molar-refractivity contribution in [2.75, 3.05) is 19.4 Å². The van der Waals surface area contributed by atoms with Gasteiger partial charge in [-0.15, -0.1) is 0 Å². The topological polar surface area (TPSA) is 79.2 Å². The number of hydrogen-bond acceptors (Lipinski definition) is 4. The van der Waals surface area contributed by atoms with E-state index in [1.807, 2.05) is 13.0 Å². The molecule has 1 N–H and O–H groups in total. The number of nitrogens with one attached hydrogen (secondary N) is 1. The molecule has 0 aliphatic heterocycles. The fourth-order valence-corrected chi connectivity index (χ4v) is 1.86. The van der Waals surface area contributed by atoms with Gasteiger partial charge in [0.1, 0.15) is 5.75 Å². The molecule has 0 saturated carbocycles. The van der Waals surface area contributed by atoms with Crippen LogP contribution in [-0.4, -0.2) is 34.8 Å². The molecule has 0 heterocycles. The summed E-state index contributed by atoms with van der Waals surface area (Å²) in [5, 5.41) is 11.4. The number of carbonyl (C=O) groups excluding carboxylic acids is 1. The van der Waals surface area contributed by atoms with Gasteiger partial charge in [0.15, 0.2) is 6.61 Å². The summed E-state index contributed by atoms with van der Waals surface area (Å²) in [6.07, 6.45) is 2.33. The number of benzene rings is 1. The number of amides is 1. The summed E-state index contributed by atoms with van der Waals surface area (Å²) in [6, 6.07) is 8.56. The highest BCUT2D eigenvalue weighted by molar-refractivity contribution is 7.84. The molecule has 1 aromatic rings. The van der Waals surface area contributed by atoms with Crippen LogP contribution in [0.2, 0.25) is 0 Å². The van der Waals surface area contributed by atoms with Crippen LogP contribution in [0.15, 0.2) is 24.3 Å². The summed E-state index contributed by atoms with van der Waals surface area (Å²) in [5.41, 5.74) is 0.545. The molecule has 1 rings (SSSR count). The van der Waals surface area contributed by atoms with Gasteiger partial charge in [0, 0.05) is 28.9 Å². The number of nitrogens with zero attached hydrogens (tertiary/aromatic N) is 1. The first kappa shape index (κ1) is 16.2. The summed E-state index contributed by atoms with van der Waals surface area (Å²) in [6.45, 7) is 2.29. The lowest BCUT2D eigenvalue weighted by molar-refractivity contribution is -0.123. The van der Waals surface area contributed by atoms with Crippen LogP contribution >= 0.6 is 0 Å². The van der Waals surface area contributed by atoms with Crippen molar-refractivity contribution in [3.05, 3.63) is 29.8 Å². The zero-order valence-corrected chi connectivity index (χ0v) is 12.4. The summed E-state index contributed by atoms with van der Waals surface area (Å²) in [7, 11) is -0.871. The highest BCUT2D eigenvalue weighted by Gasteiger charge is 2.07. The minimum atomic E-state index is -0.871. The lowest BCUT2D eigenvalue weighted by atomic mass is 10.2. The molecule has 0 aliphatic carbocycles. The average Bonchev–Trinajstić information content (AvgIpc) is 2.45. The smallest absolute Gasteiger partial charge is 0.257 e.